The number of nitrogens with zero attached hydrogens (tertiary/aromatic N) is 6. The molecule has 0 bridgehead atoms. The minimum absolute atomic E-state index is 0.276. The first-order valence-corrected chi connectivity index (χ1v) is 11.8. The molecule has 1 aromatic heterocycles. The van der Waals surface area contributed by atoms with Crippen molar-refractivity contribution in [2.45, 2.75) is 37.6 Å². The van der Waals surface area contributed by atoms with E-state index in [9.17, 15) is 0 Å². The van der Waals surface area contributed by atoms with Crippen LogP contribution in [0.15, 0.2) is 29.4 Å². The lowest BCUT2D eigenvalue weighted by Crippen LogP contribution is -2.63. The van der Waals surface area contributed by atoms with E-state index in [0.717, 1.165) is 44.5 Å². The summed E-state index contributed by atoms with van der Waals surface area (Å²) in [6, 6.07) is 6.15. The molecule has 0 amide bonds. The topological polar surface area (TPSA) is 50.2 Å². The van der Waals surface area contributed by atoms with Gasteiger partial charge in [0, 0.05) is 51.5 Å². The number of hydrogen-bond donors (Lipinski definition) is 1. The Morgan fingerprint density at radius 1 is 1.00 bits per heavy atom. The second-order valence-electron chi connectivity index (χ2n) is 9.14. The number of guanidine groups is 1. The van der Waals surface area contributed by atoms with Crippen LogP contribution in [-0.4, -0.2) is 104 Å². The number of rotatable bonds is 4. The zero-order valence-corrected chi connectivity index (χ0v) is 18.9. The van der Waals surface area contributed by atoms with Crippen molar-refractivity contribution < 1.29 is 0 Å². The van der Waals surface area contributed by atoms with E-state index in [1.54, 1.807) is 0 Å². The molecule has 0 aliphatic carbocycles. The van der Waals surface area contributed by atoms with Crippen LogP contribution in [0.4, 0.5) is 5.82 Å². The van der Waals surface area contributed by atoms with E-state index in [2.05, 4.69) is 54.1 Å². The van der Waals surface area contributed by atoms with Gasteiger partial charge >= 0.3 is 0 Å². The van der Waals surface area contributed by atoms with Gasteiger partial charge in [0.05, 0.1) is 0 Å². The molecule has 7 nitrogen and oxygen atoms in total. The Kier molecular flexibility index (Phi) is 7.10. The van der Waals surface area contributed by atoms with Gasteiger partial charge < -0.3 is 20.0 Å². The number of aliphatic imine (C=N–C) groups is 1. The molecule has 166 valence electrons. The van der Waals surface area contributed by atoms with Crippen LogP contribution in [0, 0.1) is 0 Å². The van der Waals surface area contributed by atoms with Crippen LogP contribution in [0.2, 0.25) is 0 Å². The predicted octanol–water partition coefficient (Wildman–Crippen LogP) is 1.73. The van der Waals surface area contributed by atoms with Crippen LogP contribution in [0.5, 0.6) is 0 Å². The van der Waals surface area contributed by atoms with Crippen molar-refractivity contribution in [1.82, 2.24) is 25.0 Å². The summed E-state index contributed by atoms with van der Waals surface area (Å²) >= 11 is 0. The van der Waals surface area contributed by atoms with Crippen LogP contribution >= 0.6 is 0 Å². The van der Waals surface area contributed by atoms with E-state index in [-0.39, 0.29) is 5.54 Å². The van der Waals surface area contributed by atoms with Crippen molar-refractivity contribution in [1.29, 1.82) is 0 Å². The molecule has 0 spiro atoms. The third-order valence-corrected chi connectivity index (χ3v) is 7.28. The van der Waals surface area contributed by atoms with E-state index >= 15 is 0 Å². The van der Waals surface area contributed by atoms with E-state index in [1.807, 2.05) is 19.3 Å². The summed E-state index contributed by atoms with van der Waals surface area (Å²) in [5, 5.41) is 3.80. The number of likely N-dealkylation sites (tertiary alicyclic amines) is 2. The van der Waals surface area contributed by atoms with E-state index < -0.39 is 0 Å². The summed E-state index contributed by atoms with van der Waals surface area (Å²) in [4.78, 5) is 19.2. The first kappa shape index (κ1) is 21.4. The van der Waals surface area contributed by atoms with Crippen molar-refractivity contribution in [3.63, 3.8) is 0 Å². The summed E-state index contributed by atoms with van der Waals surface area (Å²) in [7, 11) is 4.18. The molecule has 3 aliphatic heterocycles. The number of piperazine rings is 1. The summed E-state index contributed by atoms with van der Waals surface area (Å²) < 4.78 is 0. The molecule has 0 radical (unpaired) electrons. The molecule has 4 heterocycles. The molecule has 3 fully saturated rings. The minimum Gasteiger partial charge on any atom is -0.354 e. The van der Waals surface area contributed by atoms with Gasteiger partial charge in [-0.25, -0.2) is 4.98 Å². The largest absolute Gasteiger partial charge is 0.354 e. The fourth-order valence-electron chi connectivity index (χ4n) is 5.27. The minimum atomic E-state index is 0.276. The highest BCUT2D eigenvalue weighted by Crippen LogP contribution is 2.31. The second-order valence-corrected chi connectivity index (χ2v) is 9.14. The highest BCUT2D eigenvalue weighted by atomic mass is 15.4. The third kappa shape index (κ3) is 4.89. The lowest BCUT2D eigenvalue weighted by Gasteiger charge is -2.50. The monoisotopic (exact) mass is 413 g/mol. The molecule has 30 heavy (non-hydrogen) atoms. The lowest BCUT2D eigenvalue weighted by molar-refractivity contribution is 0.0169. The molecule has 1 N–H and O–H groups in total. The van der Waals surface area contributed by atoms with Crippen molar-refractivity contribution >= 4 is 11.8 Å². The van der Waals surface area contributed by atoms with E-state index in [4.69, 9.17) is 0 Å². The van der Waals surface area contributed by atoms with Gasteiger partial charge in [0.2, 0.25) is 0 Å². The fraction of sp³-hybridized carbons (Fsp3) is 0.739. The molecule has 0 unspecified atom stereocenters. The molecule has 0 aromatic carbocycles. The first-order chi connectivity index (χ1) is 14.7. The fourth-order valence-corrected chi connectivity index (χ4v) is 5.27. The van der Waals surface area contributed by atoms with Crippen LogP contribution in [0.3, 0.4) is 0 Å². The van der Waals surface area contributed by atoms with Crippen LogP contribution in [0.1, 0.15) is 32.1 Å². The van der Waals surface area contributed by atoms with Gasteiger partial charge in [-0.15, -0.1) is 0 Å². The lowest BCUT2D eigenvalue weighted by atomic mass is 9.84. The van der Waals surface area contributed by atoms with Crippen molar-refractivity contribution in [3.05, 3.63) is 24.4 Å². The standard InChI is InChI=1S/C23H39N7/c1-24-22(29-18-16-28(17-19-29)21-8-4-5-11-25-21)26-20-23(9-14-27(2)15-10-23)30-12-6-3-7-13-30/h4-5,8,11H,3,6-7,9-10,12-20H2,1-2H3,(H,24,26). The summed E-state index contributed by atoms with van der Waals surface area (Å²) in [6.07, 6.45) is 8.47. The maximum atomic E-state index is 4.65. The Labute approximate surface area is 182 Å². The van der Waals surface area contributed by atoms with Crippen LogP contribution < -0.4 is 10.2 Å². The molecule has 0 saturated carbocycles. The average molecular weight is 414 g/mol. The van der Waals surface area contributed by atoms with Crippen molar-refractivity contribution in [2.75, 3.05) is 77.9 Å². The molecule has 4 rings (SSSR count). The summed E-state index contributed by atoms with van der Waals surface area (Å²) in [5.41, 5.74) is 0.276. The number of anilines is 1. The molecule has 1 aromatic rings. The van der Waals surface area contributed by atoms with E-state index in [1.165, 1.54) is 58.3 Å². The second kappa shape index (κ2) is 9.96. The highest BCUT2D eigenvalue weighted by Gasteiger charge is 2.40. The molecule has 3 aliphatic rings. The Balaban J connectivity index is 1.35. The Bertz CT molecular complexity index is 670. The zero-order valence-electron chi connectivity index (χ0n) is 18.9. The maximum absolute atomic E-state index is 4.65. The molecule has 0 atom stereocenters. The van der Waals surface area contributed by atoms with Crippen LogP contribution in [-0.2, 0) is 0 Å². The average Bonchev–Trinajstić information content (AvgIpc) is 2.82. The Hall–Kier alpha value is -1.86. The number of nitrogens with one attached hydrogen (secondary N) is 1. The normalized spacial score (nSPS) is 24.1. The van der Waals surface area contributed by atoms with Gasteiger partial charge in [0.25, 0.3) is 0 Å². The summed E-state index contributed by atoms with van der Waals surface area (Å²) in [5.74, 6) is 2.14. The number of pyridine rings is 1. The maximum Gasteiger partial charge on any atom is 0.193 e. The van der Waals surface area contributed by atoms with E-state index in [0.29, 0.717) is 0 Å². The SMILES string of the molecule is CN=C(NCC1(N2CCCCC2)CCN(C)CC1)N1CCN(c2ccccn2)CC1. The smallest absolute Gasteiger partial charge is 0.193 e. The Morgan fingerprint density at radius 3 is 2.37 bits per heavy atom. The molecule has 7 heteroatoms. The quantitative estimate of drug-likeness (QED) is 0.599. The number of hydrogen-bond acceptors (Lipinski definition) is 5. The third-order valence-electron chi connectivity index (χ3n) is 7.28. The van der Waals surface area contributed by atoms with Gasteiger partial charge in [0.1, 0.15) is 5.82 Å². The number of piperidine rings is 2. The van der Waals surface area contributed by atoms with Gasteiger partial charge in [-0.3, -0.25) is 9.89 Å². The highest BCUT2D eigenvalue weighted by molar-refractivity contribution is 5.80. The molecule has 3 saturated heterocycles. The van der Waals surface area contributed by atoms with Crippen molar-refractivity contribution in [3.8, 4) is 0 Å². The first-order valence-electron chi connectivity index (χ1n) is 11.8. The van der Waals surface area contributed by atoms with Gasteiger partial charge in [-0.1, -0.05) is 12.5 Å². The van der Waals surface area contributed by atoms with Gasteiger partial charge in [-0.2, -0.15) is 0 Å². The van der Waals surface area contributed by atoms with Gasteiger partial charge in [-0.05, 0) is 71.0 Å². The molecular weight excluding hydrogens is 374 g/mol. The zero-order chi connectivity index (χ0) is 20.8. The summed E-state index contributed by atoms with van der Waals surface area (Å²) in [6.45, 7) is 9.84. The van der Waals surface area contributed by atoms with Crippen LogP contribution in [0.25, 0.3) is 0 Å². The molecular formula is C23H39N7. The van der Waals surface area contributed by atoms with Gasteiger partial charge in [0.15, 0.2) is 5.96 Å². The predicted molar refractivity (Wildman–Crippen MR) is 124 cm³/mol. The Morgan fingerprint density at radius 2 is 1.73 bits per heavy atom. The van der Waals surface area contributed by atoms with Crippen molar-refractivity contribution in [2.24, 2.45) is 4.99 Å². The number of aromatic nitrogens is 1.